The number of halogens is 15. The van der Waals surface area contributed by atoms with Gasteiger partial charge in [-0.15, -0.1) is 0 Å². The number of alkyl halides is 15. The van der Waals surface area contributed by atoms with Crippen LogP contribution >= 0.6 is 0 Å². The highest BCUT2D eigenvalue weighted by atomic mass is 19.4. The third kappa shape index (κ3) is 4.90. The van der Waals surface area contributed by atoms with E-state index in [0.29, 0.717) is 16.9 Å². The van der Waals surface area contributed by atoms with E-state index in [1.54, 1.807) is 0 Å². The van der Waals surface area contributed by atoms with Gasteiger partial charge in [-0.3, -0.25) is 0 Å². The van der Waals surface area contributed by atoms with Gasteiger partial charge in [0.1, 0.15) is 11.5 Å². The van der Waals surface area contributed by atoms with Crippen LogP contribution in [-0.4, -0.2) is 55.4 Å². The van der Waals surface area contributed by atoms with Crippen LogP contribution in [0.1, 0.15) is 0 Å². The van der Waals surface area contributed by atoms with Crippen molar-refractivity contribution >= 4 is 0 Å². The van der Waals surface area contributed by atoms with Crippen LogP contribution in [-0.2, 0) is 0 Å². The SMILES string of the molecule is COc1ccc(-c2ccc(OCC(F)(F)C(F)(F)C(F)(F)C(F)(F)C(F)(F)C(F)(F)C(F)(F)F)cc2)cc1. The van der Waals surface area contributed by atoms with E-state index in [4.69, 9.17) is 4.74 Å². The Labute approximate surface area is 202 Å². The van der Waals surface area contributed by atoms with Gasteiger partial charge in [-0.1, -0.05) is 24.3 Å². The van der Waals surface area contributed by atoms with Crippen molar-refractivity contribution in [1.82, 2.24) is 0 Å². The van der Waals surface area contributed by atoms with E-state index >= 15 is 0 Å². The summed E-state index contributed by atoms with van der Waals surface area (Å²) in [5.74, 6) is -47.1. The van der Waals surface area contributed by atoms with Crippen molar-refractivity contribution in [2.24, 2.45) is 0 Å². The van der Waals surface area contributed by atoms with E-state index < -0.39 is 54.1 Å². The largest absolute Gasteiger partial charge is 0.497 e. The number of hydrogen-bond acceptors (Lipinski definition) is 2. The molecule has 2 rings (SSSR count). The molecule has 0 aliphatic rings. The predicted octanol–water partition coefficient (Wildman–Crippen LogP) is 8.12. The Morgan fingerprint density at radius 1 is 0.474 bits per heavy atom. The molecule has 0 saturated heterocycles. The lowest BCUT2D eigenvalue weighted by atomic mass is 9.91. The van der Waals surface area contributed by atoms with E-state index in [0.717, 1.165) is 24.3 Å². The van der Waals surface area contributed by atoms with Gasteiger partial charge in [-0.25, -0.2) is 0 Å². The average molecular weight is 582 g/mol. The van der Waals surface area contributed by atoms with Gasteiger partial charge < -0.3 is 9.47 Å². The Kier molecular flexibility index (Phi) is 7.91. The third-order valence-electron chi connectivity index (χ3n) is 5.09. The molecular weight excluding hydrogens is 569 g/mol. The van der Waals surface area contributed by atoms with Crippen LogP contribution in [0.15, 0.2) is 48.5 Å². The fourth-order valence-corrected chi connectivity index (χ4v) is 2.79. The van der Waals surface area contributed by atoms with Crippen LogP contribution in [0.25, 0.3) is 11.1 Å². The van der Waals surface area contributed by atoms with Crippen LogP contribution in [0.4, 0.5) is 65.9 Å². The molecule has 0 radical (unpaired) electrons. The zero-order valence-corrected chi connectivity index (χ0v) is 18.3. The molecule has 0 amide bonds. The molecule has 2 aromatic carbocycles. The van der Waals surface area contributed by atoms with Gasteiger partial charge in [-0.2, -0.15) is 65.9 Å². The van der Waals surface area contributed by atoms with Crippen molar-refractivity contribution in [2.45, 2.75) is 41.7 Å². The topological polar surface area (TPSA) is 18.5 Å². The summed E-state index contributed by atoms with van der Waals surface area (Å²) in [6, 6.07) is 10.1. The molecule has 0 aliphatic carbocycles. The number of rotatable bonds is 10. The van der Waals surface area contributed by atoms with Gasteiger partial charge in [-0.05, 0) is 35.4 Å². The first-order valence-corrected chi connectivity index (χ1v) is 9.69. The van der Waals surface area contributed by atoms with Crippen LogP contribution in [0.2, 0.25) is 0 Å². The van der Waals surface area contributed by atoms with Gasteiger partial charge in [0.05, 0.1) is 7.11 Å². The number of methoxy groups -OCH3 is 1. The summed E-state index contributed by atoms with van der Waals surface area (Å²) in [4.78, 5) is 0. The lowest BCUT2D eigenvalue weighted by Crippen LogP contribution is -2.73. The fraction of sp³-hybridized carbons (Fsp3) is 0.429. The van der Waals surface area contributed by atoms with Crippen LogP contribution < -0.4 is 9.47 Å². The Morgan fingerprint density at radius 3 is 1.18 bits per heavy atom. The molecule has 2 nitrogen and oxygen atoms in total. The third-order valence-corrected chi connectivity index (χ3v) is 5.09. The first-order chi connectivity index (χ1) is 17.0. The second-order valence-corrected chi connectivity index (χ2v) is 7.62. The molecule has 38 heavy (non-hydrogen) atoms. The molecule has 214 valence electrons. The highest BCUT2D eigenvalue weighted by Gasteiger charge is 2.93. The zero-order chi connectivity index (χ0) is 29.6. The van der Waals surface area contributed by atoms with Gasteiger partial charge >= 0.3 is 41.7 Å². The maximum absolute atomic E-state index is 13.9. The Morgan fingerprint density at radius 2 is 0.816 bits per heavy atom. The van der Waals surface area contributed by atoms with E-state index in [-0.39, 0.29) is 0 Å². The van der Waals surface area contributed by atoms with Crippen molar-refractivity contribution in [3.05, 3.63) is 48.5 Å². The molecule has 0 aromatic heterocycles. The minimum Gasteiger partial charge on any atom is -0.497 e. The van der Waals surface area contributed by atoms with Crippen LogP contribution in [0.3, 0.4) is 0 Å². The number of benzene rings is 2. The van der Waals surface area contributed by atoms with Crippen molar-refractivity contribution < 1.29 is 75.3 Å². The maximum atomic E-state index is 13.9. The van der Waals surface area contributed by atoms with Gasteiger partial charge in [0, 0.05) is 0 Å². The molecular formula is C21H13F15O2. The summed E-state index contributed by atoms with van der Waals surface area (Å²) < 4.78 is 207. The smallest absolute Gasteiger partial charge is 0.460 e. The summed E-state index contributed by atoms with van der Waals surface area (Å²) in [6.45, 7) is -2.89. The minimum absolute atomic E-state index is 0.371. The highest BCUT2D eigenvalue weighted by Crippen LogP contribution is 2.62. The molecule has 0 unspecified atom stereocenters. The Balaban J connectivity index is 2.29. The molecule has 17 heteroatoms. The molecule has 0 bridgehead atoms. The standard InChI is InChI=1S/C21H13F15O2/c1-37-13-6-2-11(3-7-13)12-4-8-14(9-5-12)38-10-15(22,23)16(24,25)17(26,27)18(28,29)19(30,31)20(32,33)21(34,35)36/h2-9H,10H2,1H3. The number of ether oxygens (including phenoxy) is 2. The quantitative estimate of drug-likeness (QED) is 0.264. The molecule has 0 aliphatic heterocycles. The molecule has 2 aromatic rings. The summed E-state index contributed by atoms with van der Waals surface area (Å²) in [6.07, 6.45) is -7.64. The molecule has 0 atom stereocenters. The Hall–Kier alpha value is -3.01. The lowest BCUT2D eigenvalue weighted by Gasteiger charge is -2.41. The first-order valence-electron chi connectivity index (χ1n) is 9.69. The minimum atomic E-state index is -8.33. The zero-order valence-electron chi connectivity index (χ0n) is 18.3. The van der Waals surface area contributed by atoms with Crippen molar-refractivity contribution in [3.8, 4) is 22.6 Å². The van der Waals surface area contributed by atoms with Crippen LogP contribution in [0.5, 0.6) is 11.5 Å². The molecule has 0 fully saturated rings. The second-order valence-electron chi connectivity index (χ2n) is 7.62. The molecule has 0 saturated carbocycles. The summed E-state index contributed by atoms with van der Waals surface area (Å²) in [5, 5.41) is 0. The Bertz CT molecular complexity index is 1090. The molecule has 0 N–H and O–H groups in total. The monoisotopic (exact) mass is 582 g/mol. The maximum Gasteiger partial charge on any atom is 0.460 e. The molecule has 0 heterocycles. The van der Waals surface area contributed by atoms with E-state index in [2.05, 4.69) is 4.74 Å². The summed E-state index contributed by atoms with van der Waals surface area (Å²) in [5.41, 5.74) is 0.878. The first kappa shape index (κ1) is 31.2. The molecule has 0 spiro atoms. The van der Waals surface area contributed by atoms with E-state index in [1.165, 1.54) is 31.4 Å². The predicted molar refractivity (Wildman–Crippen MR) is 99.7 cm³/mol. The van der Waals surface area contributed by atoms with Crippen molar-refractivity contribution in [2.75, 3.05) is 13.7 Å². The van der Waals surface area contributed by atoms with Crippen molar-refractivity contribution in [1.29, 1.82) is 0 Å². The summed E-state index contributed by atoms with van der Waals surface area (Å²) in [7, 11) is 1.38. The summed E-state index contributed by atoms with van der Waals surface area (Å²) >= 11 is 0. The second kappa shape index (κ2) is 9.63. The van der Waals surface area contributed by atoms with Crippen LogP contribution in [0, 0.1) is 0 Å². The van der Waals surface area contributed by atoms with E-state index in [9.17, 15) is 65.9 Å². The van der Waals surface area contributed by atoms with Crippen molar-refractivity contribution in [3.63, 3.8) is 0 Å². The fourth-order valence-electron chi connectivity index (χ4n) is 2.79. The number of hydrogen-bond donors (Lipinski definition) is 0. The van der Waals surface area contributed by atoms with E-state index in [1.807, 2.05) is 0 Å². The lowest BCUT2D eigenvalue weighted by molar-refractivity contribution is -0.453. The highest BCUT2D eigenvalue weighted by molar-refractivity contribution is 5.64. The van der Waals surface area contributed by atoms with Gasteiger partial charge in [0.2, 0.25) is 0 Å². The van der Waals surface area contributed by atoms with Gasteiger partial charge in [0.15, 0.2) is 6.61 Å². The average Bonchev–Trinajstić information content (AvgIpc) is 2.82. The normalized spacial score (nSPS) is 14.4. The van der Waals surface area contributed by atoms with Gasteiger partial charge in [0.25, 0.3) is 0 Å².